The molecule has 1 N–H and O–H groups in total. The standard InChI is InChI=1S/C21H33N3O/c1-4-18-5-7-19(8-6-18)20(24-14-11-22-17(3)15-24)21(25)23-12-9-16(2)10-13-23/h5-8,16-17,20,22H,4,9-15H2,1-3H3. The van der Waals surface area contributed by atoms with Crippen LogP contribution in [0.1, 0.15) is 50.8 Å². The van der Waals surface area contributed by atoms with Crippen molar-refractivity contribution in [1.29, 1.82) is 0 Å². The highest BCUT2D eigenvalue weighted by Gasteiger charge is 2.34. The van der Waals surface area contributed by atoms with E-state index in [0.29, 0.717) is 11.9 Å². The summed E-state index contributed by atoms with van der Waals surface area (Å²) in [5.74, 6) is 1.04. The number of nitrogens with one attached hydrogen (secondary N) is 1. The van der Waals surface area contributed by atoms with Crippen molar-refractivity contribution in [3.8, 4) is 0 Å². The van der Waals surface area contributed by atoms with Gasteiger partial charge in [-0.05, 0) is 43.2 Å². The van der Waals surface area contributed by atoms with Gasteiger partial charge in [-0.3, -0.25) is 9.69 Å². The van der Waals surface area contributed by atoms with Gasteiger partial charge in [-0.1, -0.05) is 38.1 Å². The minimum atomic E-state index is -0.135. The van der Waals surface area contributed by atoms with Crippen LogP contribution < -0.4 is 5.32 Å². The fourth-order valence-electron chi connectivity index (χ4n) is 4.04. The second-order valence-electron chi connectivity index (χ2n) is 7.86. The van der Waals surface area contributed by atoms with E-state index >= 15 is 0 Å². The SMILES string of the molecule is CCc1ccc(C(C(=O)N2CCC(C)CC2)N2CCNC(C)C2)cc1. The number of likely N-dealkylation sites (tertiary alicyclic amines) is 1. The lowest BCUT2D eigenvalue weighted by Gasteiger charge is -2.40. The van der Waals surface area contributed by atoms with Gasteiger partial charge in [0.05, 0.1) is 0 Å². The lowest BCUT2D eigenvalue weighted by Crippen LogP contribution is -2.54. The van der Waals surface area contributed by atoms with Gasteiger partial charge in [0.15, 0.2) is 0 Å². The third kappa shape index (κ3) is 4.42. The summed E-state index contributed by atoms with van der Waals surface area (Å²) in [5.41, 5.74) is 2.48. The molecule has 25 heavy (non-hydrogen) atoms. The van der Waals surface area contributed by atoms with Crippen LogP contribution in [0.5, 0.6) is 0 Å². The van der Waals surface area contributed by atoms with E-state index in [4.69, 9.17) is 0 Å². The Morgan fingerprint density at radius 2 is 1.84 bits per heavy atom. The molecule has 2 atom stereocenters. The number of hydrogen-bond acceptors (Lipinski definition) is 3. The number of amides is 1. The fraction of sp³-hybridized carbons (Fsp3) is 0.667. The van der Waals surface area contributed by atoms with Crippen LogP contribution in [0.15, 0.2) is 24.3 Å². The summed E-state index contributed by atoms with van der Waals surface area (Å²) in [4.78, 5) is 17.9. The minimum Gasteiger partial charge on any atom is -0.341 e. The van der Waals surface area contributed by atoms with Crippen molar-refractivity contribution in [2.75, 3.05) is 32.7 Å². The summed E-state index contributed by atoms with van der Waals surface area (Å²) in [6, 6.07) is 8.99. The molecule has 0 spiro atoms. The van der Waals surface area contributed by atoms with Crippen molar-refractivity contribution < 1.29 is 4.79 Å². The quantitative estimate of drug-likeness (QED) is 0.913. The number of rotatable bonds is 4. The molecule has 3 rings (SSSR count). The number of hydrogen-bond donors (Lipinski definition) is 1. The molecule has 1 amide bonds. The van der Waals surface area contributed by atoms with E-state index in [1.54, 1.807) is 0 Å². The monoisotopic (exact) mass is 343 g/mol. The zero-order valence-electron chi connectivity index (χ0n) is 16.0. The molecule has 2 aliphatic heterocycles. The van der Waals surface area contributed by atoms with Crippen LogP contribution in [-0.2, 0) is 11.2 Å². The topological polar surface area (TPSA) is 35.6 Å². The Morgan fingerprint density at radius 1 is 1.16 bits per heavy atom. The smallest absolute Gasteiger partial charge is 0.244 e. The lowest BCUT2D eigenvalue weighted by molar-refractivity contribution is -0.139. The van der Waals surface area contributed by atoms with Crippen molar-refractivity contribution in [3.05, 3.63) is 35.4 Å². The van der Waals surface area contributed by atoms with Crippen LogP contribution >= 0.6 is 0 Å². The van der Waals surface area contributed by atoms with Gasteiger partial charge in [-0.25, -0.2) is 0 Å². The Morgan fingerprint density at radius 3 is 2.44 bits per heavy atom. The molecule has 2 fully saturated rings. The molecule has 0 aliphatic carbocycles. The van der Waals surface area contributed by atoms with Gasteiger partial charge in [-0.2, -0.15) is 0 Å². The van der Waals surface area contributed by atoms with Crippen LogP contribution in [-0.4, -0.2) is 54.5 Å². The predicted molar refractivity (Wildman–Crippen MR) is 103 cm³/mol. The van der Waals surface area contributed by atoms with Crippen molar-refractivity contribution in [2.45, 2.75) is 52.1 Å². The second-order valence-corrected chi connectivity index (χ2v) is 7.86. The molecule has 0 bridgehead atoms. The molecule has 0 radical (unpaired) electrons. The van der Waals surface area contributed by atoms with Crippen LogP contribution in [0.2, 0.25) is 0 Å². The van der Waals surface area contributed by atoms with Crippen molar-refractivity contribution in [1.82, 2.24) is 15.1 Å². The predicted octanol–water partition coefficient (Wildman–Crippen LogP) is 2.84. The normalized spacial score (nSPS) is 24.3. The molecule has 0 saturated carbocycles. The third-order valence-electron chi connectivity index (χ3n) is 5.80. The summed E-state index contributed by atoms with van der Waals surface area (Å²) in [7, 11) is 0. The lowest BCUT2D eigenvalue weighted by atomic mass is 9.96. The van der Waals surface area contributed by atoms with E-state index in [-0.39, 0.29) is 6.04 Å². The Hall–Kier alpha value is -1.39. The van der Waals surface area contributed by atoms with Gasteiger partial charge >= 0.3 is 0 Å². The highest BCUT2D eigenvalue weighted by atomic mass is 16.2. The van der Waals surface area contributed by atoms with Crippen molar-refractivity contribution in [2.24, 2.45) is 5.92 Å². The Labute approximate surface area is 152 Å². The Bertz CT molecular complexity index is 563. The van der Waals surface area contributed by atoms with E-state index in [9.17, 15) is 4.79 Å². The van der Waals surface area contributed by atoms with Gasteiger partial charge in [0.1, 0.15) is 6.04 Å². The molecule has 4 heteroatoms. The molecule has 2 aliphatic rings. The first kappa shape index (κ1) is 18.4. The fourth-order valence-corrected chi connectivity index (χ4v) is 4.04. The third-order valence-corrected chi connectivity index (χ3v) is 5.80. The van der Waals surface area contributed by atoms with E-state index in [1.807, 2.05) is 0 Å². The molecule has 1 aromatic rings. The summed E-state index contributed by atoms with van der Waals surface area (Å²) < 4.78 is 0. The van der Waals surface area contributed by atoms with Gasteiger partial charge in [0.25, 0.3) is 0 Å². The molecule has 2 saturated heterocycles. The summed E-state index contributed by atoms with van der Waals surface area (Å²) in [6.45, 7) is 11.3. The van der Waals surface area contributed by atoms with E-state index in [0.717, 1.165) is 63.5 Å². The summed E-state index contributed by atoms with van der Waals surface area (Å²) >= 11 is 0. The van der Waals surface area contributed by atoms with Gasteiger partial charge in [0, 0.05) is 38.8 Å². The Kier molecular flexibility index (Phi) is 6.13. The van der Waals surface area contributed by atoms with Crippen LogP contribution in [0.4, 0.5) is 0 Å². The van der Waals surface area contributed by atoms with E-state index in [1.165, 1.54) is 5.56 Å². The highest BCUT2D eigenvalue weighted by molar-refractivity contribution is 5.83. The van der Waals surface area contributed by atoms with Crippen molar-refractivity contribution in [3.63, 3.8) is 0 Å². The first-order valence-corrected chi connectivity index (χ1v) is 9.93. The number of piperidine rings is 1. The van der Waals surface area contributed by atoms with E-state index < -0.39 is 0 Å². The largest absolute Gasteiger partial charge is 0.341 e. The first-order valence-electron chi connectivity index (χ1n) is 9.93. The number of aryl methyl sites for hydroxylation is 1. The summed E-state index contributed by atoms with van der Waals surface area (Å²) in [5, 5.41) is 3.49. The Balaban J connectivity index is 1.83. The van der Waals surface area contributed by atoms with E-state index in [2.05, 4.69) is 60.2 Å². The van der Waals surface area contributed by atoms with Crippen molar-refractivity contribution >= 4 is 5.91 Å². The van der Waals surface area contributed by atoms with Gasteiger partial charge in [0.2, 0.25) is 5.91 Å². The average molecular weight is 344 g/mol. The zero-order chi connectivity index (χ0) is 17.8. The number of piperazine rings is 1. The second kappa shape index (κ2) is 8.33. The molecule has 2 heterocycles. The molecule has 0 aromatic heterocycles. The maximum atomic E-state index is 13.4. The molecular formula is C21H33N3O. The molecule has 1 aromatic carbocycles. The zero-order valence-corrected chi connectivity index (χ0v) is 16.0. The number of carbonyl (C=O) groups excluding carboxylic acids is 1. The minimum absolute atomic E-state index is 0.135. The maximum Gasteiger partial charge on any atom is 0.244 e. The molecule has 4 nitrogen and oxygen atoms in total. The number of nitrogens with zero attached hydrogens (tertiary/aromatic N) is 2. The van der Waals surface area contributed by atoms with Gasteiger partial charge in [-0.15, -0.1) is 0 Å². The summed E-state index contributed by atoms with van der Waals surface area (Å²) in [6.07, 6.45) is 3.30. The average Bonchev–Trinajstić information content (AvgIpc) is 2.63. The van der Waals surface area contributed by atoms with Gasteiger partial charge < -0.3 is 10.2 Å². The van der Waals surface area contributed by atoms with Crippen LogP contribution in [0.25, 0.3) is 0 Å². The molecule has 2 unspecified atom stereocenters. The first-order chi connectivity index (χ1) is 12.1. The van der Waals surface area contributed by atoms with Crippen LogP contribution in [0.3, 0.4) is 0 Å². The molecule has 138 valence electrons. The number of benzene rings is 1. The molecular weight excluding hydrogens is 310 g/mol. The maximum absolute atomic E-state index is 13.4. The number of carbonyl (C=O) groups is 1. The highest BCUT2D eigenvalue weighted by Crippen LogP contribution is 2.27. The van der Waals surface area contributed by atoms with Crippen LogP contribution in [0, 0.1) is 5.92 Å².